The lowest BCUT2D eigenvalue weighted by molar-refractivity contribution is 0.561. The van der Waals surface area contributed by atoms with Crippen molar-refractivity contribution >= 4 is 23.2 Å². The van der Waals surface area contributed by atoms with Crippen molar-refractivity contribution in [3.8, 4) is 11.1 Å². The maximum absolute atomic E-state index is 13.9. The lowest BCUT2D eigenvalue weighted by atomic mass is 9.97. The summed E-state index contributed by atoms with van der Waals surface area (Å²) >= 11 is 12.0. The SMILES string of the molecule is Fc1cccc(F)c1Cc1c(-c2ccc(Cl)cc2)cnnc1Cl. The molecule has 116 valence electrons. The highest BCUT2D eigenvalue weighted by Crippen LogP contribution is 2.31. The summed E-state index contributed by atoms with van der Waals surface area (Å²) in [6, 6.07) is 10.8. The third-order valence-electron chi connectivity index (χ3n) is 3.48. The van der Waals surface area contributed by atoms with Gasteiger partial charge >= 0.3 is 0 Å². The summed E-state index contributed by atoms with van der Waals surface area (Å²) in [5.74, 6) is -1.25. The first-order chi connectivity index (χ1) is 11.1. The summed E-state index contributed by atoms with van der Waals surface area (Å²) in [6.45, 7) is 0. The van der Waals surface area contributed by atoms with Crippen molar-refractivity contribution in [1.29, 1.82) is 0 Å². The van der Waals surface area contributed by atoms with Crippen LogP contribution in [0.5, 0.6) is 0 Å². The second-order valence-corrected chi connectivity index (χ2v) is 5.71. The Labute approximate surface area is 141 Å². The van der Waals surface area contributed by atoms with Crippen LogP contribution in [0.25, 0.3) is 11.1 Å². The molecule has 0 bridgehead atoms. The Kier molecular flexibility index (Phi) is 4.55. The van der Waals surface area contributed by atoms with E-state index in [0.717, 1.165) is 5.56 Å². The minimum absolute atomic E-state index is 0.0230. The van der Waals surface area contributed by atoms with Gasteiger partial charge < -0.3 is 0 Å². The smallest absolute Gasteiger partial charge is 0.155 e. The van der Waals surface area contributed by atoms with E-state index in [-0.39, 0.29) is 17.1 Å². The van der Waals surface area contributed by atoms with Crippen LogP contribution in [0.2, 0.25) is 10.2 Å². The van der Waals surface area contributed by atoms with Crippen LogP contribution in [0.3, 0.4) is 0 Å². The van der Waals surface area contributed by atoms with Gasteiger partial charge in [-0.2, -0.15) is 5.10 Å². The molecular formula is C17H10Cl2F2N2. The first kappa shape index (κ1) is 15.8. The molecule has 0 aliphatic carbocycles. The molecule has 2 nitrogen and oxygen atoms in total. The van der Waals surface area contributed by atoms with Gasteiger partial charge in [0, 0.05) is 28.1 Å². The Bertz CT molecular complexity index is 831. The molecule has 0 atom stereocenters. The van der Waals surface area contributed by atoms with Gasteiger partial charge in [-0.25, -0.2) is 8.78 Å². The van der Waals surface area contributed by atoms with Gasteiger partial charge in [0.25, 0.3) is 0 Å². The zero-order valence-corrected chi connectivity index (χ0v) is 13.2. The summed E-state index contributed by atoms with van der Waals surface area (Å²) < 4.78 is 27.8. The molecule has 2 aromatic carbocycles. The van der Waals surface area contributed by atoms with Crippen LogP contribution < -0.4 is 0 Å². The van der Waals surface area contributed by atoms with Gasteiger partial charge in [0.1, 0.15) is 11.6 Å². The van der Waals surface area contributed by atoms with E-state index in [1.807, 2.05) is 0 Å². The number of halogens is 4. The van der Waals surface area contributed by atoms with Crippen molar-refractivity contribution in [2.75, 3.05) is 0 Å². The van der Waals surface area contributed by atoms with Crippen LogP contribution in [0.15, 0.2) is 48.7 Å². The minimum atomic E-state index is -0.625. The van der Waals surface area contributed by atoms with Crippen molar-refractivity contribution in [1.82, 2.24) is 10.2 Å². The number of nitrogens with zero attached hydrogens (tertiary/aromatic N) is 2. The van der Waals surface area contributed by atoms with E-state index in [1.54, 1.807) is 24.3 Å². The van der Waals surface area contributed by atoms with Crippen LogP contribution in [0, 0.1) is 11.6 Å². The number of benzene rings is 2. The summed E-state index contributed by atoms with van der Waals surface area (Å²) in [4.78, 5) is 0. The van der Waals surface area contributed by atoms with Gasteiger partial charge in [0.15, 0.2) is 5.15 Å². The van der Waals surface area contributed by atoms with Gasteiger partial charge in [-0.3, -0.25) is 0 Å². The van der Waals surface area contributed by atoms with Crippen LogP contribution in [0.1, 0.15) is 11.1 Å². The summed E-state index contributed by atoms with van der Waals surface area (Å²) in [6.07, 6.45) is 1.49. The van der Waals surface area contributed by atoms with Crippen LogP contribution in [-0.4, -0.2) is 10.2 Å². The quantitative estimate of drug-likeness (QED) is 0.638. The van der Waals surface area contributed by atoms with E-state index >= 15 is 0 Å². The summed E-state index contributed by atoms with van der Waals surface area (Å²) in [7, 11) is 0. The maximum atomic E-state index is 13.9. The molecule has 0 unspecified atom stereocenters. The summed E-state index contributed by atoms with van der Waals surface area (Å²) in [5.41, 5.74) is 1.90. The molecule has 3 rings (SSSR count). The Morgan fingerprint density at radius 2 is 1.52 bits per heavy atom. The highest BCUT2D eigenvalue weighted by atomic mass is 35.5. The standard InChI is InChI=1S/C17H10Cl2F2N2/c18-11-6-4-10(5-7-11)14-9-22-23-17(19)12(14)8-13-15(20)2-1-3-16(13)21/h1-7,9H,8H2. The van der Waals surface area contributed by atoms with Crippen LogP contribution in [0.4, 0.5) is 8.78 Å². The molecule has 0 fully saturated rings. The molecule has 23 heavy (non-hydrogen) atoms. The van der Waals surface area contributed by atoms with Gasteiger partial charge in [0.05, 0.1) is 6.20 Å². The van der Waals surface area contributed by atoms with Crippen molar-refractivity contribution < 1.29 is 8.78 Å². The Hall–Kier alpha value is -2.04. The maximum Gasteiger partial charge on any atom is 0.155 e. The lowest BCUT2D eigenvalue weighted by Crippen LogP contribution is -2.02. The van der Waals surface area contributed by atoms with E-state index in [1.165, 1.54) is 24.4 Å². The molecule has 0 saturated carbocycles. The molecule has 0 radical (unpaired) electrons. The molecule has 1 aromatic heterocycles. The molecule has 0 spiro atoms. The molecule has 0 saturated heterocycles. The predicted octanol–water partition coefficient (Wildman–Crippen LogP) is 5.32. The first-order valence-electron chi connectivity index (χ1n) is 6.75. The number of hydrogen-bond acceptors (Lipinski definition) is 2. The minimum Gasteiger partial charge on any atom is -0.207 e. The molecule has 0 amide bonds. The van der Waals surface area contributed by atoms with Crippen LogP contribution in [-0.2, 0) is 6.42 Å². The van der Waals surface area contributed by atoms with Crippen molar-refractivity contribution in [2.45, 2.75) is 6.42 Å². The zero-order valence-electron chi connectivity index (χ0n) is 11.7. The fourth-order valence-corrected chi connectivity index (χ4v) is 2.65. The second-order valence-electron chi connectivity index (χ2n) is 4.91. The van der Waals surface area contributed by atoms with Crippen molar-refractivity contribution in [2.24, 2.45) is 0 Å². The van der Waals surface area contributed by atoms with E-state index in [2.05, 4.69) is 10.2 Å². The fourth-order valence-electron chi connectivity index (χ4n) is 2.31. The summed E-state index contributed by atoms with van der Waals surface area (Å²) in [5, 5.41) is 8.31. The number of hydrogen-bond donors (Lipinski definition) is 0. The topological polar surface area (TPSA) is 25.8 Å². The number of aromatic nitrogens is 2. The van der Waals surface area contributed by atoms with Gasteiger partial charge in [-0.05, 0) is 29.8 Å². The lowest BCUT2D eigenvalue weighted by Gasteiger charge is -2.11. The van der Waals surface area contributed by atoms with E-state index in [4.69, 9.17) is 23.2 Å². The zero-order chi connectivity index (χ0) is 16.4. The fraction of sp³-hybridized carbons (Fsp3) is 0.0588. The Morgan fingerprint density at radius 1 is 0.870 bits per heavy atom. The number of rotatable bonds is 3. The third-order valence-corrected chi connectivity index (χ3v) is 4.03. The third kappa shape index (κ3) is 3.33. The van der Waals surface area contributed by atoms with E-state index in [9.17, 15) is 8.78 Å². The van der Waals surface area contributed by atoms with Crippen molar-refractivity contribution in [3.05, 3.63) is 81.6 Å². The average Bonchev–Trinajstić information content (AvgIpc) is 2.53. The Morgan fingerprint density at radius 3 is 2.17 bits per heavy atom. The average molecular weight is 351 g/mol. The molecular weight excluding hydrogens is 341 g/mol. The Balaban J connectivity index is 2.11. The highest BCUT2D eigenvalue weighted by molar-refractivity contribution is 6.31. The largest absolute Gasteiger partial charge is 0.207 e. The van der Waals surface area contributed by atoms with Crippen LogP contribution >= 0.6 is 23.2 Å². The molecule has 0 N–H and O–H groups in total. The molecule has 0 aliphatic rings. The monoisotopic (exact) mass is 350 g/mol. The molecule has 6 heteroatoms. The normalized spacial score (nSPS) is 10.8. The van der Waals surface area contributed by atoms with Gasteiger partial charge in [-0.15, -0.1) is 5.10 Å². The second kappa shape index (κ2) is 6.60. The van der Waals surface area contributed by atoms with E-state index < -0.39 is 11.6 Å². The van der Waals surface area contributed by atoms with E-state index in [0.29, 0.717) is 16.1 Å². The predicted molar refractivity (Wildman–Crippen MR) is 86.7 cm³/mol. The molecule has 3 aromatic rings. The molecule has 0 aliphatic heterocycles. The van der Waals surface area contributed by atoms with Gasteiger partial charge in [0.2, 0.25) is 0 Å². The highest BCUT2D eigenvalue weighted by Gasteiger charge is 2.16. The first-order valence-corrected chi connectivity index (χ1v) is 7.50. The van der Waals surface area contributed by atoms with Gasteiger partial charge in [-0.1, -0.05) is 41.4 Å². The molecule has 1 heterocycles. The van der Waals surface area contributed by atoms with Crippen molar-refractivity contribution in [3.63, 3.8) is 0 Å².